The van der Waals surface area contributed by atoms with Crippen LogP contribution in [0.4, 0.5) is 0 Å². The van der Waals surface area contributed by atoms with Gasteiger partial charge in [-0.3, -0.25) is 4.79 Å². The van der Waals surface area contributed by atoms with Gasteiger partial charge in [0.2, 0.25) is 0 Å². The molecule has 5 nitrogen and oxygen atoms in total. The van der Waals surface area contributed by atoms with Crippen LogP contribution in [0.15, 0.2) is 70.2 Å². The van der Waals surface area contributed by atoms with Crippen molar-refractivity contribution in [3.8, 4) is 11.5 Å². The Balaban J connectivity index is 1.63. The molecule has 0 saturated heterocycles. The van der Waals surface area contributed by atoms with Crippen LogP contribution in [0.5, 0.6) is 11.5 Å². The Labute approximate surface area is 192 Å². The molecule has 154 valence electrons. The van der Waals surface area contributed by atoms with Gasteiger partial charge in [0.25, 0.3) is 5.91 Å². The maximum absolute atomic E-state index is 12.4. The summed E-state index contributed by atoms with van der Waals surface area (Å²) in [5.74, 6) is 0.584. The Hall–Kier alpha value is -2.54. The summed E-state index contributed by atoms with van der Waals surface area (Å²) in [7, 11) is 1.50. The number of hydrogen-bond acceptors (Lipinski definition) is 4. The molecule has 0 radical (unpaired) electrons. The summed E-state index contributed by atoms with van der Waals surface area (Å²) in [5.41, 5.74) is 4.41. The molecule has 30 heavy (non-hydrogen) atoms. The monoisotopic (exact) mass is 506 g/mol. The van der Waals surface area contributed by atoms with Gasteiger partial charge in [0.1, 0.15) is 18.1 Å². The molecule has 1 amide bonds. The standard InChI is InChI=1S/C22H17BrCl2N2O3/c1-29-20-9-7-16(23)11-17(20)22(28)27-26-12-14-6-8-21(19(25)10-14)30-13-15-4-2-3-5-18(15)24/h2-12H,13H2,1H3,(H,27,28)/b26-12-. The molecular weight excluding hydrogens is 491 g/mol. The Morgan fingerprint density at radius 3 is 2.57 bits per heavy atom. The number of benzene rings is 3. The molecule has 3 rings (SSSR count). The van der Waals surface area contributed by atoms with E-state index in [1.54, 1.807) is 42.5 Å². The number of methoxy groups -OCH3 is 1. The van der Waals surface area contributed by atoms with E-state index in [4.69, 9.17) is 32.7 Å². The van der Waals surface area contributed by atoms with Crippen molar-refractivity contribution in [2.24, 2.45) is 5.10 Å². The number of carbonyl (C=O) groups excluding carboxylic acids is 1. The molecule has 3 aromatic carbocycles. The summed E-state index contributed by atoms with van der Waals surface area (Å²) in [6, 6.07) is 17.8. The molecule has 0 fully saturated rings. The number of ether oxygens (including phenoxy) is 2. The number of nitrogens with zero attached hydrogens (tertiary/aromatic N) is 1. The lowest BCUT2D eigenvalue weighted by atomic mass is 10.2. The second-order valence-corrected chi connectivity index (χ2v) is 7.84. The Morgan fingerprint density at radius 1 is 1.07 bits per heavy atom. The minimum Gasteiger partial charge on any atom is -0.496 e. The van der Waals surface area contributed by atoms with Crippen LogP contribution in [0.1, 0.15) is 21.5 Å². The van der Waals surface area contributed by atoms with E-state index < -0.39 is 5.91 Å². The van der Waals surface area contributed by atoms with Crippen LogP contribution in [0.2, 0.25) is 10.0 Å². The van der Waals surface area contributed by atoms with E-state index in [1.165, 1.54) is 13.3 Å². The molecule has 0 aliphatic rings. The molecule has 0 aliphatic carbocycles. The second-order valence-electron chi connectivity index (χ2n) is 6.11. The molecular formula is C22H17BrCl2N2O3. The molecule has 0 bridgehead atoms. The van der Waals surface area contributed by atoms with Gasteiger partial charge in [-0.25, -0.2) is 5.43 Å². The van der Waals surface area contributed by atoms with E-state index in [0.717, 1.165) is 10.0 Å². The van der Waals surface area contributed by atoms with Gasteiger partial charge in [-0.1, -0.05) is 57.3 Å². The van der Waals surface area contributed by atoms with Crippen LogP contribution >= 0.6 is 39.1 Å². The van der Waals surface area contributed by atoms with E-state index in [0.29, 0.717) is 39.3 Å². The highest BCUT2D eigenvalue weighted by molar-refractivity contribution is 9.10. The SMILES string of the molecule is COc1ccc(Br)cc1C(=O)N/N=C\c1ccc(OCc2ccccc2Cl)c(Cl)c1. The average Bonchev–Trinajstić information content (AvgIpc) is 2.74. The lowest BCUT2D eigenvalue weighted by Crippen LogP contribution is -2.18. The first-order chi connectivity index (χ1) is 14.5. The molecule has 0 aromatic heterocycles. The first-order valence-corrected chi connectivity index (χ1v) is 10.4. The van der Waals surface area contributed by atoms with Crippen molar-refractivity contribution in [1.82, 2.24) is 5.43 Å². The van der Waals surface area contributed by atoms with Crippen LogP contribution in [-0.4, -0.2) is 19.2 Å². The van der Waals surface area contributed by atoms with Crippen molar-refractivity contribution >= 4 is 51.3 Å². The zero-order chi connectivity index (χ0) is 21.5. The van der Waals surface area contributed by atoms with E-state index in [2.05, 4.69) is 26.5 Å². The highest BCUT2D eigenvalue weighted by atomic mass is 79.9. The summed E-state index contributed by atoms with van der Waals surface area (Å²) in [4.78, 5) is 12.4. The lowest BCUT2D eigenvalue weighted by Gasteiger charge is -2.10. The van der Waals surface area contributed by atoms with E-state index in [-0.39, 0.29) is 0 Å². The van der Waals surface area contributed by atoms with E-state index in [1.807, 2.05) is 18.2 Å². The third kappa shape index (κ3) is 5.75. The number of rotatable bonds is 7. The largest absolute Gasteiger partial charge is 0.496 e. The normalized spacial score (nSPS) is 10.8. The molecule has 0 heterocycles. The number of amides is 1. The number of carbonyl (C=O) groups is 1. The average molecular weight is 508 g/mol. The van der Waals surface area contributed by atoms with Crippen LogP contribution < -0.4 is 14.9 Å². The zero-order valence-electron chi connectivity index (χ0n) is 15.9. The van der Waals surface area contributed by atoms with Gasteiger partial charge in [-0.05, 0) is 48.0 Å². The Morgan fingerprint density at radius 2 is 1.83 bits per heavy atom. The van der Waals surface area contributed by atoms with Crippen molar-refractivity contribution in [3.63, 3.8) is 0 Å². The van der Waals surface area contributed by atoms with Crippen molar-refractivity contribution < 1.29 is 14.3 Å². The first kappa shape index (κ1) is 22.2. The summed E-state index contributed by atoms with van der Waals surface area (Å²) < 4.78 is 11.7. The molecule has 1 N–H and O–H groups in total. The van der Waals surface area contributed by atoms with Gasteiger partial charge >= 0.3 is 0 Å². The number of halogens is 3. The highest BCUT2D eigenvalue weighted by Crippen LogP contribution is 2.27. The van der Waals surface area contributed by atoms with Gasteiger partial charge in [0.15, 0.2) is 0 Å². The second kappa shape index (κ2) is 10.5. The quantitative estimate of drug-likeness (QED) is 0.310. The number of hydrazone groups is 1. The minimum absolute atomic E-state index is 0.303. The van der Waals surface area contributed by atoms with Gasteiger partial charge in [-0.15, -0.1) is 0 Å². The first-order valence-electron chi connectivity index (χ1n) is 8.80. The van der Waals surface area contributed by atoms with Crippen LogP contribution in [-0.2, 0) is 6.61 Å². The summed E-state index contributed by atoms with van der Waals surface area (Å²) in [6.07, 6.45) is 1.49. The smallest absolute Gasteiger partial charge is 0.275 e. The fraction of sp³-hybridized carbons (Fsp3) is 0.0909. The molecule has 0 aliphatic heterocycles. The van der Waals surface area contributed by atoms with Gasteiger partial charge in [-0.2, -0.15) is 5.10 Å². The molecule has 0 atom stereocenters. The van der Waals surface area contributed by atoms with Crippen LogP contribution in [0, 0.1) is 0 Å². The van der Waals surface area contributed by atoms with Crippen molar-refractivity contribution in [2.45, 2.75) is 6.61 Å². The fourth-order valence-corrected chi connectivity index (χ4v) is 3.36. The summed E-state index contributed by atoms with van der Waals surface area (Å²) >= 11 is 15.8. The highest BCUT2D eigenvalue weighted by Gasteiger charge is 2.12. The van der Waals surface area contributed by atoms with Crippen molar-refractivity contribution in [3.05, 3.63) is 91.9 Å². The Kier molecular flexibility index (Phi) is 7.74. The predicted octanol–water partition coefficient (Wildman–Crippen LogP) is 6.11. The Bertz CT molecular complexity index is 1090. The molecule has 3 aromatic rings. The van der Waals surface area contributed by atoms with E-state index in [9.17, 15) is 4.79 Å². The van der Waals surface area contributed by atoms with Crippen LogP contribution in [0.3, 0.4) is 0 Å². The molecule has 0 saturated carbocycles. The van der Waals surface area contributed by atoms with Gasteiger partial charge in [0.05, 0.1) is 23.9 Å². The van der Waals surface area contributed by atoms with E-state index >= 15 is 0 Å². The van der Waals surface area contributed by atoms with Gasteiger partial charge < -0.3 is 9.47 Å². The number of hydrogen-bond donors (Lipinski definition) is 1. The van der Waals surface area contributed by atoms with Gasteiger partial charge in [0, 0.05) is 15.1 Å². The number of nitrogens with one attached hydrogen (secondary N) is 1. The summed E-state index contributed by atoms with van der Waals surface area (Å²) in [6.45, 7) is 0.303. The third-order valence-electron chi connectivity index (χ3n) is 4.08. The van der Waals surface area contributed by atoms with Crippen molar-refractivity contribution in [1.29, 1.82) is 0 Å². The molecule has 8 heteroatoms. The lowest BCUT2D eigenvalue weighted by molar-refractivity contribution is 0.0952. The maximum Gasteiger partial charge on any atom is 0.275 e. The third-order valence-corrected chi connectivity index (χ3v) is 5.24. The topological polar surface area (TPSA) is 59.9 Å². The zero-order valence-corrected chi connectivity index (χ0v) is 19.0. The van der Waals surface area contributed by atoms with Crippen molar-refractivity contribution in [2.75, 3.05) is 7.11 Å². The van der Waals surface area contributed by atoms with Crippen LogP contribution in [0.25, 0.3) is 0 Å². The summed E-state index contributed by atoms with van der Waals surface area (Å²) in [5, 5.41) is 5.04. The molecule has 0 spiro atoms. The molecule has 0 unspecified atom stereocenters. The maximum atomic E-state index is 12.4. The fourth-order valence-electron chi connectivity index (χ4n) is 2.57. The predicted molar refractivity (Wildman–Crippen MR) is 123 cm³/mol. The minimum atomic E-state index is -0.393.